The summed E-state index contributed by atoms with van der Waals surface area (Å²) in [6, 6.07) is 5.32. The molecule has 3 nitrogen and oxygen atoms in total. The molecule has 4 heteroatoms. The van der Waals surface area contributed by atoms with E-state index in [1.54, 1.807) is 6.07 Å². The fourth-order valence-electron chi connectivity index (χ4n) is 2.43. The summed E-state index contributed by atoms with van der Waals surface area (Å²) in [5.74, 6) is 0.612. The molecule has 0 saturated heterocycles. The molecule has 1 unspecified atom stereocenters. The van der Waals surface area contributed by atoms with Crippen LogP contribution in [0, 0.1) is 5.82 Å². The van der Waals surface area contributed by atoms with Crippen LogP contribution in [0.25, 0.3) is 11.0 Å². The third-order valence-corrected chi connectivity index (χ3v) is 3.96. The molecule has 0 aliphatic carbocycles. The first-order chi connectivity index (χ1) is 8.94. The van der Waals surface area contributed by atoms with Crippen LogP contribution in [-0.4, -0.2) is 16.1 Å². The van der Waals surface area contributed by atoms with Crippen molar-refractivity contribution in [1.29, 1.82) is 0 Å². The minimum absolute atomic E-state index is 0.222. The van der Waals surface area contributed by atoms with Gasteiger partial charge in [-0.3, -0.25) is 0 Å². The van der Waals surface area contributed by atoms with Gasteiger partial charge in [-0.15, -0.1) is 0 Å². The Morgan fingerprint density at radius 2 is 2.11 bits per heavy atom. The van der Waals surface area contributed by atoms with Gasteiger partial charge in [-0.1, -0.05) is 19.9 Å². The number of fused-ring (bicyclic) bond motifs is 1. The van der Waals surface area contributed by atoms with Gasteiger partial charge in [0, 0.05) is 18.0 Å². The summed E-state index contributed by atoms with van der Waals surface area (Å²) in [6.07, 6.45) is 0.876. The minimum Gasteiger partial charge on any atom is -0.329 e. The lowest BCUT2D eigenvalue weighted by atomic mass is 9.86. The Balaban J connectivity index is 2.80. The van der Waals surface area contributed by atoms with E-state index in [0.717, 1.165) is 17.8 Å². The Morgan fingerprint density at radius 1 is 1.42 bits per heavy atom. The van der Waals surface area contributed by atoms with Crippen LogP contribution in [0.5, 0.6) is 0 Å². The second kappa shape index (κ2) is 4.93. The van der Waals surface area contributed by atoms with Crippen molar-refractivity contribution in [2.75, 3.05) is 6.54 Å². The third-order valence-electron chi connectivity index (χ3n) is 3.96. The van der Waals surface area contributed by atoms with Gasteiger partial charge in [0.15, 0.2) is 5.82 Å². The second-order valence-electron chi connectivity index (χ2n) is 5.63. The first-order valence-electron chi connectivity index (χ1n) is 6.81. The maximum Gasteiger partial charge on any atom is 0.151 e. The van der Waals surface area contributed by atoms with Crippen LogP contribution in [0.3, 0.4) is 0 Å². The molecule has 19 heavy (non-hydrogen) atoms. The van der Waals surface area contributed by atoms with Gasteiger partial charge in [0.05, 0.1) is 5.52 Å². The van der Waals surface area contributed by atoms with Gasteiger partial charge < -0.3 is 10.3 Å². The molecule has 0 fully saturated rings. The van der Waals surface area contributed by atoms with Gasteiger partial charge in [0.1, 0.15) is 11.3 Å². The van der Waals surface area contributed by atoms with Crippen molar-refractivity contribution in [2.45, 2.75) is 45.6 Å². The van der Waals surface area contributed by atoms with Crippen molar-refractivity contribution < 1.29 is 4.39 Å². The molecular formula is C15H22FN3. The molecule has 0 amide bonds. The molecule has 104 valence electrons. The highest BCUT2D eigenvalue weighted by Crippen LogP contribution is 2.32. The molecule has 1 aromatic carbocycles. The fraction of sp³-hybridized carbons (Fsp3) is 0.533. The normalized spacial score (nSPS) is 15.1. The number of halogens is 1. The van der Waals surface area contributed by atoms with E-state index in [9.17, 15) is 4.39 Å². The fourth-order valence-corrected chi connectivity index (χ4v) is 2.43. The van der Waals surface area contributed by atoms with Crippen molar-refractivity contribution in [3.05, 3.63) is 29.8 Å². The number of hydrogen-bond donors (Lipinski definition) is 1. The average molecular weight is 263 g/mol. The molecule has 0 aliphatic rings. The number of para-hydroxylation sites is 1. The van der Waals surface area contributed by atoms with Crippen LogP contribution < -0.4 is 5.73 Å². The lowest BCUT2D eigenvalue weighted by molar-refractivity contribution is 0.405. The molecule has 0 aliphatic heterocycles. The Labute approximate surface area is 113 Å². The summed E-state index contributed by atoms with van der Waals surface area (Å²) in [5, 5.41) is 0. The number of hydrogen-bond acceptors (Lipinski definition) is 2. The summed E-state index contributed by atoms with van der Waals surface area (Å²) >= 11 is 0. The quantitative estimate of drug-likeness (QED) is 0.919. The molecular weight excluding hydrogens is 241 g/mol. The standard InChI is InChI=1S/C15H22FN3/c1-5-15(4,9-17)14-18-13-11(16)7-6-8-12(13)19(14)10(2)3/h6-8,10H,5,9,17H2,1-4H3. The zero-order valence-electron chi connectivity index (χ0n) is 12.1. The van der Waals surface area contributed by atoms with Gasteiger partial charge in [0.25, 0.3) is 0 Å². The van der Waals surface area contributed by atoms with Crippen molar-refractivity contribution in [1.82, 2.24) is 9.55 Å². The predicted molar refractivity (Wildman–Crippen MR) is 76.8 cm³/mol. The largest absolute Gasteiger partial charge is 0.329 e. The topological polar surface area (TPSA) is 43.8 Å². The lowest BCUT2D eigenvalue weighted by Gasteiger charge is -2.28. The van der Waals surface area contributed by atoms with E-state index in [1.165, 1.54) is 6.07 Å². The van der Waals surface area contributed by atoms with E-state index in [0.29, 0.717) is 12.1 Å². The molecule has 1 atom stereocenters. The maximum absolute atomic E-state index is 13.9. The number of nitrogens with two attached hydrogens (primary N) is 1. The molecule has 0 saturated carbocycles. The molecule has 0 bridgehead atoms. The number of rotatable bonds is 4. The van der Waals surface area contributed by atoms with Crippen LogP contribution in [0.4, 0.5) is 4.39 Å². The van der Waals surface area contributed by atoms with Gasteiger partial charge >= 0.3 is 0 Å². The summed E-state index contributed by atoms with van der Waals surface area (Å²) in [5.41, 5.74) is 6.99. The van der Waals surface area contributed by atoms with E-state index in [4.69, 9.17) is 5.73 Å². The highest BCUT2D eigenvalue weighted by molar-refractivity contribution is 5.77. The van der Waals surface area contributed by atoms with Crippen LogP contribution in [0.1, 0.15) is 46.0 Å². The third kappa shape index (κ3) is 2.14. The molecule has 1 heterocycles. The van der Waals surface area contributed by atoms with E-state index in [1.807, 2.05) is 6.07 Å². The first kappa shape index (κ1) is 14.0. The Morgan fingerprint density at radius 3 is 2.63 bits per heavy atom. The highest BCUT2D eigenvalue weighted by Gasteiger charge is 2.30. The van der Waals surface area contributed by atoms with Gasteiger partial charge in [0.2, 0.25) is 0 Å². The van der Waals surface area contributed by atoms with Crippen LogP contribution in [0.2, 0.25) is 0 Å². The molecule has 2 N–H and O–H groups in total. The van der Waals surface area contributed by atoms with Crippen molar-refractivity contribution in [3.8, 4) is 0 Å². The smallest absolute Gasteiger partial charge is 0.151 e. The monoisotopic (exact) mass is 263 g/mol. The van der Waals surface area contributed by atoms with Crippen LogP contribution in [0.15, 0.2) is 18.2 Å². The summed E-state index contributed by atoms with van der Waals surface area (Å²) in [7, 11) is 0. The Hall–Kier alpha value is -1.42. The van der Waals surface area contributed by atoms with E-state index in [2.05, 4.69) is 37.2 Å². The highest BCUT2D eigenvalue weighted by atomic mass is 19.1. The molecule has 0 radical (unpaired) electrons. The van der Waals surface area contributed by atoms with Crippen LogP contribution >= 0.6 is 0 Å². The Bertz CT molecular complexity index is 582. The second-order valence-corrected chi connectivity index (χ2v) is 5.63. The molecule has 1 aromatic heterocycles. The van der Waals surface area contributed by atoms with Crippen molar-refractivity contribution in [3.63, 3.8) is 0 Å². The maximum atomic E-state index is 13.9. The van der Waals surface area contributed by atoms with E-state index >= 15 is 0 Å². The average Bonchev–Trinajstić information content (AvgIpc) is 2.79. The number of imidazole rings is 1. The first-order valence-corrected chi connectivity index (χ1v) is 6.81. The summed E-state index contributed by atoms with van der Waals surface area (Å²) in [4.78, 5) is 4.56. The van der Waals surface area contributed by atoms with Crippen LogP contribution in [-0.2, 0) is 5.41 Å². The van der Waals surface area contributed by atoms with Gasteiger partial charge in [-0.25, -0.2) is 9.37 Å². The zero-order chi connectivity index (χ0) is 14.2. The van der Waals surface area contributed by atoms with E-state index in [-0.39, 0.29) is 17.3 Å². The predicted octanol–water partition coefficient (Wildman–Crippen LogP) is 3.38. The number of aromatic nitrogens is 2. The van der Waals surface area contributed by atoms with Crippen molar-refractivity contribution in [2.24, 2.45) is 5.73 Å². The summed E-state index contributed by atoms with van der Waals surface area (Å²) in [6.45, 7) is 8.85. The zero-order valence-corrected chi connectivity index (χ0v) is 12.1. The van der Waals surface area contributed by atoms with E-state index < -0.39 is 0 Å². The summed E-state index contributed by atoms with van der Waals surface area (Å²) < 4.78 is 16.0. The van der Waals surface area contributed by atoms with Gasteiger partial charge in [-0.2, -0.15) is 0 Å². The molecule has 2 aromatic rings. The number of benzene rings is 1. The SMILES string of the molecule is CCC(C)(CN)c1nc2c(F)cccc2n1C(C)C. The molecule has 2 rings (SSSR count). The minimum atomic E-state index is -0.270. The molecule has 0 spiro atoms. The number of nitrogens with zero attached hydrogens (tertiary/aromatic N) is 2. The lowest BCUT2D eigenvalue weighted by Crippen LogP contribution is -2.34. The Kier molecular flexibility index (Phi) is 3.63. The van der Waals surface area contributed by atoms with Gasteiger partial charge in [-0.05, 0) is 32.4 Å². The van der Waals surface area contributed by atoms with Crippen molar-refractivity contribution >= 4 is 11.0 Å².